The maximum Gasteiger partial charge on any atom is 0.243 e. The number of carbonyl (C=O) groups excluding carboxylic acids is 1. The van der Waals surface area contributed by atoms with Crippen molar-refractivity contribution >= 4 is 15.9 Å². The van der Waals surface area contributed by atoms with Gasteiger partial charge in [0.05, 0.1) is 10.9 Å². The first-order valence-electron chi connectivity index (χ1n) is 10.8. The number of sulfonamides is 1. The van der Waals surface area contributed by atoms with Crippen molar-refractivity contribution < 1.29 is 17.9 Å². The lowest BCUT2D eigenvalue weighted by molar-refractivity contribution is -0.127. The van der Waals surface area contributed by atoms with Gasteiger partial charge in [-0.05, 0) is 57.4 Å². The van der Waals surface area contributed by atoms with Crippen LogP contribution < -0.4 is 10.1 Å². The van der Waals surface area contributed by atoms with Gasteiger partial charge in [0.15, 0.2) is 0 Å². The Bertz CT molecular complexity index is 1060. The summed E-state index contributed by atoms with van der Waals surface area (Å²) < 4.78 is 33.3. The molecule has 2 heterocycles. The predicted molar refractivity (Wildman–Crippen MR) is 119 cm³/mol. The monoisotopic (exact) mass is 442 g/mol. The molecule has 1 saturated heterocycles. The molecule has 0 saturated carbocycles. The van der Waals surface area contributed by atoms with Crippen LogP contribution in [0.5, 0.6) is 5.75 Å². The molecule has 4 rings (SSSR count). The number of carbonyl (C=O) groups is 1. The molecule has 0 spiro atoms. The number of nitrogens with zero attached hydrogens (tertiary/aromatic N) is 1. The minimum absolute atomic E-state index is 0.00835. The van der Waals surface area contributed by atoms with E-state index in [4.69, 9.17) is 4.74 Å². The minimum atomic E-state index is -3.51. The zero-order valence-corrected chi connectivity index (χ0v) is 19.1. The molecule has 0 bridgehead atoms. The van der Waals surface area contributed by atoms with E-state index in [9.17, 15) is 13.2 Å². The average Bonchev–Trinajstić information content (AvgIpc) is 2.73. The summed E-state index contributed by atoms with van der Waals surface area (Å²) in [5.41, 5.74) is 1.75. The maximum atomic E-state index is 13.1. The van der Waals surface area contributed by atoms with Gasteiger partial charge in [0.1, 0.15) is 11.4 Å². The summed E-state index contributed by atoms with van der Waals surface area (Å²) in [5.74, 6) is 0.624. The van der Waals surface area contributed by atoms with E-state index < -0.39 is 10.0 Å². The van der Waals surface area contributed by atoms with Gasteiger partial charge < -0.3 is 10.1 Å². The third-order valence-corrected chi connectivity index (χ3v) is 8.06. The summed E-state index contributed by atoms with van der Waals surface area (Å²) in [6, 6.07) is 14.4. The summed E-state index contributed by atoms with van der Waals surface area (Å²) in [6.45, 7) is 6.79. The quantitative estimate of drug-likeness (QED) is 0.781. The van der Waals surface area contributed by atoms with Crippen LogP contribution in [0.4, 0.5) is 0 Å². The fourth-order valence-electron chi connectivity index (χ4n) is 4.48. The van der Waals surface area contributed by atoms with Crippen LogP contribution >= 0.6 is 0 Å². The summed E-state index contributed by atoms with van der Waals surface area (Å²) in [7, 11) is -3.51. The number of nitrogens with one attached hydrogen (secondary N) is 1. The molecule has 1 amide bonds. The zero-order valence-electron chi connectivity index (χ0n) is 18.3. The zero-order chi connectivity index (χ0) is 22.2. The van der Waals surface area contributed by atoms with E-state index in [0.29, 0.717) is 37.2 Å². The molecular formula is C24H30N2O4S. The largest absolute Gasteiger partial charge is 0.487 e. The van der Waals surface area contributed by atoms with Gasteiger partial charge in [-0.1, -0.05) is 30.3 Å². The highest BCUT2D eigenvalue weighted by molar-refractivity contribution is 7.89. The molecule has 2 aliphatic rings. The highest BCUT2D eigenvalue weighted by Gasteiger charge is 2.37. The van der Waals surface area contributed by atoms with Crippen LogP contribution in [-0.2, 0) is 14.8 Å². The highest BCUT2D eigenvalue weighted by atomic mass is 32.2. The van der Waals surface area contributed by atoms with Gasteiger partial charge in [-0.15, -0.1) is 0 Å². The Morgan fingerprint density at radius 2 is 1.77 bits per heavy atom. The molecule has 1 fully saturated rings. The smallest absolute Gasteiger partial charge is 0.243 e. The summed E-state index contributed by atoms with van der Waals surface area (Å²) in [4.78, 5) is 13.4. The first-order chi connectivity index (χ1) is 14.7. The van der Waals surface area contributed by atoms with Gasteiger partial charge in [-0.2, -0.15) is 4.31 Å². The van der Waals surface area contributed by atoms with Crippen LogP contribution in [0.3, 0.4) is 0 Å². The van der Waals surface area contributed by atoms with Crippen molar-refractivity contribution in [3.8, 4) is 5.75 Å². The van der Waals surface area contributed by atoms with Crippen LogP contribution in [0, 0.1) is 12.8 Å². The normalized spacial score (nSPS) is 21.7. The minimum Gasteiger partial charge on any atom is -0.487 e. The lowest BCUT2D eigenvalue weighted by Gasteiger charge is -2.39. The number of amides is 1. The first kappa shape index (κ1) is 21.8. The molecule has 6 nitrogen and oxygen atoms in total. The average molecular weight is 443 g/mol. The fourth-order valence-corrected chi connectivity index (χ4v) is 5.97. The van der Waals surface area contributed by atoms with E-state index in [0.717, 1.165) is 16.9 Å². The Hall–Kier alpha value is -2.38. The number of rotatable bonds is 4. The second-order valence-electron chi connectivity index (χ2n) is 9.16. The van der Waals surface area contributed by atoms with Gasteiger partial charge in [0.2, 0.25) is 15.9 Å². The van der Waals surface area contributed by atoms with E-state index in [1.807, 2.05) is 39.0 Å². The number of benzene rings is 2. The Morgan fingerprint density at radius 1 is 1.10 bits per heavy atom. The van der Waals surface area contributed by atoms with Crippen molar-refractivity contribution in [1.29, 1.82) is 0 Å². The van der Waals surface area contributed by atoms with Gasteiger partial charge in [0.25, 0.3) is 0 Å². The number of ether oxygens (including phenoxy) is 1. The molecule has 2 aromatic carbocycles. The number of fused-ring (bicyclic) bond motifs is 1. The van der Waals surface area contributed by atoms with E-state index >= 15 is 0 Å². The summed E-state index contributed by atoms with van der Waals surface area (Å²) in [5, 5.41) is 3.22. The van der Waals surface area contributed by atoms with Crippen molar-refractivity contribution in [2.75, 3.05) is 13.1 Å². The third-order valence-electron chi connectivity index (χ3n) is 6.15. The molecule has 0 radical (unpaired) electrons. The Morgan fingerprint density at radius 3 is 2.45 bits per heavy atom. The SMILES string of the molecule is Cc1ccc2c(c1)OC(C)(C)C[C@@H]2NC(=O)C1CCN(S(=O)(=O)c2ccccc2)CC1. The molecule has 0 aromatic heterocycles. The van der Waals surface area contributed by atoms with Gasteiger partial charge in [-0.3, -0.25) is 4.79 Å². The van der Waals surface area contributed by atoms with Crippen molar-refractivity contribution in [2.24, 2.45) is 5.92 Å². The Kier molecular flexibility index (Phi) is 5.83. The summed E-state index contributed by atoms with van der Waals surface area (Å²) in [6.07, 6.45) is 1.73. The molecule has 2 aliphatic heterocycles. The van der Waals surface area contributed by atoms with Crippen molar-refractivity contribution in [3.63, 3.8) is 0 Å². The lowest BCUT2D eigenvalue weighted by atomic mass is 9.88. The summed E-state index contributed by atoms with van der Waals surface area (Å²) >= 11 is 0. The fraction of sp³-hybridized carbons (Fsp3) is 0.458. The number of hydrogen-bond acceptors (Lipinski definition) is 4. The number of piperidine rings is 1. The predicted octanol–water partition coefficient (Wildman–Crippen LogP) is 3.81. The van der Waals surface area contributed by atoms with Gasteiger partial charge in [-0.25, -0.2) is 8.42 Å². The molecule has 2 aromatic rings. The van der Waals surface area contributed by atoms with Crippen LogP contribution in [0.25, 0.3) is 0 Å². The maximum absolute atomic E-state index is 13.1. The van der Waals surface area contributed by atoms with Crippen molar-refractivity contribution in [3.05, 3.63) is 59.7 Å². The van der Waals surface area contributed by atoms with Gasteiger partial charge >= 0.3 is 0 Å². The van der Waals surface area contributed by atoms with Gasteiger partial charge in [0, 0.05) is 31.0 Å². The lowest BCUT2D eigenvalue weighted by Crippen LogP contribution is -2.46. The molecule has 166 valence electrons. The molecule has 31 heavy (non-hydrogen) atoms. The van der Waals surface area contributed by atoms with E-state index in [2.05, 4.69) is 5.32 Å². The highest BCUT2D eigenvalue weighted by Crippen LogP contribution is 2.40. The second-order valence-corrected chi connectivity index (χ2v) is 11.1. The topological polar surface area (TPSA) is 75.7 Å². The molecule has 1 atom stereocenters. The van der Waals surface area contributed by atoms with E-state index in [1.54, 1.807) is 30.3 Å². The second kappa shape index (κ2) is 8.28. The first-order valence-corrected chi connectivity index (χ1v) is 12.2. The number of aryl methyl sites for hydroxylation is 1. The van der Waals surface area contributed by atoms with Crippen LogP contribution in [0.1, 0.15) is 50.3 Å². The molecule has 0 aliphatic carbocycles. The van der Waals surface area contributed by atoms with Crippen molar-refractivity contribution in [2.45, 2.75) is 56.6 Å². The Labute approximate surface area is 184 Å². The molecule has 0 unspecified atom stereocenters. The van der Waals surface area contributed by atoms with E-state index in [-0.39, 0.29) is 23.5 Å². The van der Waals surface area contributed by atoms with Crippen LogP contribution in [0.2, 0.25) is 0 Å². The molecular weight excluding hydrogens is 412 g/mol. The standard InChI is InChI=1S/C24H30N2O4S/c1-17-9-10-20-21(16-24(2,3)30-22(20)15-17)25-23(27)18-11-13-26(14-12-18)31(28,29)19-7-5-4-6-8-19/h4-10,15,18,21H,11-14,16H2,1-3H3,(H,25,27)/t21-/m0/s1. The third kappa shape index (κ3) is 4.62. The Balaban J connectivity index is 1.42. The van der Waals surface area contributed by atoms with Crippen LogP contribution in [0.15, 0.2) is 53.4 Å². The van der Waals surface area contributed by atoms with E-state index in [1.165, 1.54) is 4.31 Å². The molecule has 7 heteroatoms. The van der Waals surface area contributed by atoms with Crippen molar-refractivity contribution in [1.82, 2.24) is 9.62 Å². The molecule has 1 N–H and O–H groups in total. The number of hydrogen-bond donors (Lipinski definition) is 1. The van der Waals surface area contributed by atoms with Crippen LogP contribution in [-0.4, -0.2) is 37.3 Å².